The largest absolute Gasteiger partial charge is 0.543 e. The minimum atomic E-state index is -1.86. The molecule has 3 nitrogen and oxygen atoms in total. The second-order valence-electron chi connectivity index (χ2n) is 5.69. The second kappa shape index (κ2) is 8.18. The number of hydrogen-bond donors (Lipinski definition) is 1. The summed E-state index contributed by atoms with van der Waals surface area (Å²) in [6, 6.07) is 15.0. The highest BCUT2D eigenvalue weighted by atomic mass is 28.4. The molecule has 1 aromatic carbocycles. The van der Waals surface area contributed by atoms with Gasteiger partial charge in [0.1, 0.15) is 12.0 Å². The van der Waals surface area contributed by atoms with Gasteiger partial charge in [-0.15, -0.1) is 0 Å². The molecule has 0 saturated heterocycles. The van der Waals surface area contributed by atoms with Crippen LogP contribution in [0.15, 0.2) is 53.3 Å². The van der Waals surface area contributed by atoms with Crippen LogP contribution in [0.25, 0.3) is 11.3 Å². The Morgan fingerprint density at radius 1 is 1.00 bits per heavy atom. The Hall–Kier alpha value is -1.78. The van der Waals surface area contributed by atoms with Crippen LogP contribution in [0.4, 0.5) is 0 Å². The van der Waals surface area contributed by atoms with Crippen LogP contribution in [0.2, 0.25) is 18.1 Å². The van der Waals surface area contributed by atoms with Crippen molar-refractivity contribution in [3.63, 3.8) is 0 Å². The van der Waals surface area contributed by atoms with Crippen LogP contribution in [0.5, 0.6) is 0 Å². The standard InChI is InChI=1S/C19H26O3Si/c1-4-23(5-2,6-3)22-19(17-12-13-21-15-17)18(14-20)16-10-8-7-9-11-16/h7-13,15,20H,4-6,14H2,1-3H3/b19-18-. The summed E-state index contributed by atoms with van der Waals surface area (Å²) in [5.41, 5.74) is 2.70. The number of aliphatic hydroxyl groups is 1. The third-order valence-electron chi connectivity index (χ3n) is 4.59. The number of aliphatic hydroxyl groups excluding tert-OH is 1. The molecule has 0 atom stereocenters. The predicted molar refractivity (Wildman–Crippen MR) is 97.3 cm³/mol. The Morgan fingerprint density at radius 2 is 1.65 bits per heavy atom. The summed E-state index contributed by atoms with van der Waals surface area (Å²) >= 11 is 0. The van der Waals surface area contributed by atoms with Gasteiger partial charge in [0, 0.05) is 5.57 Å². The van der Waals surface area contributed by atoms with Crippen LogP contribution in [0.1, 0.15) is 31.9 Å². The molecule has 0 bridgehead atoms. The van der Waals surface area contributed by atoms with Crippen LogP contribution in [0, 0.1) is 0 Å². The second-order valence-corrected chi connectivity index (χ2v) is 10.4. The number of benzene rings is 1. The van der Waals surface area contributed by atoms with Crippen molar-refractivity contribution in [2.75, 3.05) is 6.61 Å². The molecule has 2 rings (SSSR count). The van der Waals surface area contributed by atoms with E-state index in [-0.39, 0.29) is 6.61 Å². The first-order valence-corrected chi connectivity index (χ1v) is 10.8. The van der Waals surface area contributed by atoms with Gasteiger partial charge < -0.3 is 13.9 Å². The molecule has 23 heavy (non-hydrogen) atoms. The third-order valence-corrected chi connectivity index (χ3v) is 9.09. The molecular weight excluding hydrogens is 304 g/mol. The van der Waals surface area contributed by atoms with Crippen molar-refractivity contribution in [1.82, 2.24) is 0 Å². The van der Waals surface area contributed by atoms with E-state index in [2.05, 4.69) is 20.8 Å². The van der Waals surface area contributed by atoms with Crippen molar-refractivity contribution in [2.24, 2.45) is 0 Å². The Kier molecular flexibility index (Phi) is 6.25. The zero-order chi connectivity index (χ0) is 16.7. The summed E-state index contributed by atoms with van der Waals surface area (Å²) in [4.78, 5) is 0. The molecule has 0 aliphatic carbocycles. The molecule has 0 unspecified atom stereocenters. The fourth-order valence-corrected chi connectivity index (χ4v) is 5.41. The van der Waals surface area contributed by atoms with E-state index in [1.54, 1.807) is 12.5 Å². The van der Waals surface area contributed by atoms with Crippen molar-refractivity contribution < 1.29 is 13.9 Å². The van der Waals surface area contributed by atoms with E-state index in [1.807, 2.05) is 36.4 Å². The molecule has 0 saturated carbocycles. The van der Waals surface area contributed by atoms with Gasteiger partial charge in [0.05, 0.1) is 18.4 Å². The molecule has 2 aromatic rings. The molecule has 0 aliphatic heterocycles. The smallest absolute Gasteiger partial charge is 0.250 e. The molecule has 1 aromatic heterocycles. The highest BCUT2D eigenvalue weighted by molar-refractivity contribution is 6.74. The summed E-state index contributed by atoms with van der Waals surface area (Å²) in [5.74, 6) is 0.768. The van der Waals surface area contributed by atoms with Crippen LogP contribution in [-0.2, 0) is 4.43 Å². The van der Waals surface area contributed by atoms with Gasteiger partial charge in [-0.05, 0) is 29.8 Å². The summed E-state index contributed by atoms with van der Waals surface area (Å²) < 4.78 is 11.9. The Bertz CT molecular complexity index is 605. The van der Waals surface area contributed by atoms with Crippen molar-refractivity contribution in [3.05, 3.63) is 60.1 Å². The van der Waals surface area contributed by atoms with Crippen molar-refractivity contribution in [2.45, 2.75) is 38.9 Å². The fraction of sp³-hybridized carbons (Fsp3) is 0.368. The molecule has 0 amide bonds. The van der Waals surface area contributed by atoms with Crippen molar-refractivity contribution in [3.8, 4) is 0 Å². The molecule has 1 N–H and O–H groups in total. The highest BCUT2D eigenvalue weighted by Gasteiger charge is 2.33. The minimum absolute atomic E-state index is 0.0633. The summed E-state index contributed by atoms with van der Waals surface area (Å²) in [6.07, 6.45) is 3.33. The average Bonchev–Trinajstić information content (AvgIpc) is 3.14. The molecule has 0 spiro atoms. The third kappa shape index (κ3) is 3.95. The lowest BCUT2D eigenvalue weighted by Gasteiger charge is -2.31. The quantitative estimate of drug-likeness (QED) is 0.537. The normalized spacial score (nSPS) is 12.9. The lowest BCUT2D eigenvalue weighted by Crippen LogP contribution is -2.35. The SMILES string of the molecule is CC[Si](CC)(CC)O/C(=C(/CO)c1ccccc1)c1ccoc1. The van der Waals surface area contributed by atoms with Gasteiger partial charge in [0.2, 0.25) is 0 Å². The van der Waals surface area contributed by atoms with E-state index < -0.39 is 8.32 Å². The summed E-state index contributed by atoms with van der Waals surface area (Å²) in [5, 5.41) is 10.0. The fourth-order valence-electron chi connectivity index (χ4n) is 2.80. The Labute approximate surface area is 139 Å². The zero-order valence-electron chi connectivity index (χ0n) is 14.2. The number of hydrogen-bond acceptors (Lipinski definition) is 3. The van der Waals surface area contributed by atoms with Crippen LogP contribution in [0.3, 0.4) is 0 Å². The topological polar surface area (TPSA) is 42.6 Å². The van der Waals surface area contributed by atoms with Gasteiger partial charge in [0.15, 0.2) is 0 Å². The Balaban J connectivity index is 2.56. The van der Waals surface area contributed by atoms with E-state index >= 15 is 0 Å². The summed E-state index contributed by atoms with van der Waals surface area (Å²) in [6.45, 7) is 6.54. The lowest BCUT2D eigenvalue weighted by atomic mass is 10.0. The van der Waals surface area contributed by atoms with E-state index in [0.717, 1.165) is 40.6 Å². The molecule has 0 fully saturated rings. The molecule has 0 aliphatic rings. The minimum Gasteiger partial charge on any atom is -0.543 e. The van der Waals surface area contributed by atoms with Gasteiger partial charge in [0.25, 0.3) is 8.32 Å². The lowest BCUT2D eigenvalue weighted by molar-refractivity contribution is 0.347. The molecule has 4 heteroatoms. The maximum atomic E-state index is 10.0. The first-order chi connectivity index (χ1) is 11.2. The van der Waals surface area contributed by atoms with E-state index in [0.29, 0.717) is 0 Å². The van der Waals surface area contributed by atoms with Gasteiger partial charge in [-0.3, -0.25) is 0 Å². The monoisotopic (exact) mass is 330 g/mol. The molecule has 124 valence electrons. The average molecular weight is 331 g/mol. The molecule has 0 radical (unpaired) electrons. The van der Waals surface area contributed by atoms with Crippen LogP contribution in [-0.4, -0.2) is 20.0 Å². The van der Waals surface area contributed by atoms with E-state index in [4.69, 9.17) is 8.84 Å². The molecular formula is C19H26O3Si. The van der Waals surface area contributed by atoms with Crippen molar-refractivity contribution >= 4 is 19.6 Å². The summed E-state index contributed by atoms with van der Waals surface area (Å²) in [7, 11) is -1.86. The maximum absolute atomic E-state index is 10.0. The number of rotatable bonds is 8. The zero-order valence-corrected chi connectivity index (χ0v) is 15.2. The van der Waals surface area contributed by atoms with Gasteiger partial charge >= 0.3 is 0 Å². The maximum Gasteiger partial charge on any atom is 0.250 e. The first kappa shape index (κ1) is 17.6. The molecule has 1 heterocycles. The van der Waals surface area contributed by atoms with Crippen LogP contribution >= 0.6 is 0 Å². The van der Waals surface area contributed by atoms with Crippen molar-refractivity contribution in [1.29, 1.82) is 0 Å². The first-order valence-electron chi connectivity index (χ1n) is 8.30. The van der Waals surface area contributed by atoms with E-state index in [1.165, 1.54) is 0 Å². The highest BCUT2D eigenvalue weighted by Crippen LogP contribution is 2.34. The number of furan rings is 1. The van der Waals surface area contributed by atoms with Crippen LogP contribution < -0.4 is 0 Å². The van der Waals surface area contributed by atoms with Gasteiger partial charge in [-0.2, -0.15) is 0 Å². The van der Waals surface area contributed by atoms with Gasteiger partial charge in [-0.25, -0.2) is 0 Å². The van der Waals surface area contributed by atoms with Gasteiger partial charge in [-0.1, -0.05) is 51.1 Å². The predicted octanol–water partition coefficient (Wildman–Crippen LogP) is 5.16. The van der Waals surface area contributed by atoms with E-state index in [9.17, 15) is 5.11 Å². The Morgan fingerprint density at radius 3 is 2.13 bits per heavy atom.